The Labute approximate surface area is 100.0 Å². The number of hydrogen-bond donors (Lipinski definition) is 2. The van der Waals surface area contributed by atoms with Crippen LogP contribution in [0.15, 0.2) is 0 Å². The van der Waals surface area contributed by atoms with Crippen molar-refractivity contribution in [2.45, 2.75) is 19.4 Å². The number of amides is 2. The van der Waals surface area contributed by atoms with Gasteiger partial charge in [-0.2, -0.15) is 5.26 Å². The van der Waals surface area contributed by atoms with Gasteiger partial charge < -0.3 is 20.1 Å². The minimum Gasteiger partial charge on any atom is -0.480 e. The van der Waals surface area contributed by atoms with Gasteiger partial charge in [0.1, 0.15) is 6.04 Å². The van der Waals surface area contributed by atoms with Crippen molar-refractivity contribution < 1.29 is 19.4 Å². The number of hydrogen-bond acceptors (Lipinski definition) is 4. The smallest absolute Gasteiger partial charge is 0.325 e. The van der Waals surface area contributed by atoms with E-state index in [9.17, 15) is 9.59 Å². The van der Waals surface area contributed by atoms with E-state index in [0.717, 1.165) is 0 Å². The molecule has 0 aromatic rings. The highest BCUT2D eigenvalue weighted by atomic mass is 16.5. The first-order valence-corrected chi connectivity index (χ1v) is 5.17. The Kier molecular flexibility index (Phi) is 7.46. The number of nitrogens with one attached hydrogen (secondary N) is 1. The standard InChI is InChI=1S/C10H17N3O4/c1-8(9(14)15)12-10(16)13(5-3-4-11)6-7-17-2/h8H,3,5-7H2,1-2H3,(H,12,16)(H,14,15)/t8-/m1/s1. The summed E-state index contributed by atoms with van der Waals surface area (Å²) in [6.07, 6.45) is 0.193. The van der Waals surface area contributed by atoms with E-state index in [-0.39, 0.29) is 13.0 Å². The van der Waals surface area contributed by atoms with Crippen LogP contribution in [0.4, 0.5) is 4.79 Å². The van der Waals surface area contributed by atoms with Gasteiger partial charge in [-0.25, -0.2) is 4.79 Å². The Morgan fingerprint density at radius 2 is 2.18 bits per heavy atom. The van der Waals surface area contributed by atoms with Crippen molar-refractivity contribution in [2.75, 3.05) is 26.8 Å². The fourth-order valence-electron chi connectivity index (χ4n) is 1.04. The summed E-state index contributed by atoms with van der Waals surface area (Å²) in [7, 11) is 1.50. The van der Waals surface area contributed by atoms with Gasteiger partial charge in [0, 0.05) is 20.2 Å². The first-order chi connectivity index (χ1) is 8.02. The second kappa shape index (κ2) is 8.35. The maximum absolute atomic E-state index is 11.7. The molecule has 0 aliphatic carbocycles. The summed E-state index contributed by atoms with van der Waals surface area (Å²) in [4.78, 5) is 23.6. The number of carbonyl (C=O) groups excluding carboxylic acids is 1. The molecule has 0 rings (SSSR count). The van der Waals surface area contributed by atoms with Crippen molar-refractivity contribution in [1.29, 1.82) is 5.26 Å². The second-order valence-electron chi connectivity index (χ2n) is 3.40. The van der Waals surface area contributed by atoms with Gasteiger partial charge in [-0.15, -0.1) is 0 Å². The zero-order valence-electron chi connectivity index (χ0n) is 9.97. The van der Waals surface area contributed by atoms with Crippen LogP contribution in [0.2, 0.25) is 0 Å². The van der Waals surface area contributed by atoms with Crippen LogP contribution in [0.5, 0.6) is 0 Å². The lowest BCUT2D eigenvalue weighted by Crippen LogP contribution is -2.47. The Hall–Kier alpha value is -1.81. The van der Waals surface area contributed by atoms with E-state index in [0.29, 0.717) is 13.2 Å². The molecule has 0 saturated heterocycles. The molecule has 0 saturated carbocycles. The molecule has 0 radical (unpaired) electrons. The van der Waals surface area contributed by atoms with E-state index in [1.165, 1.54) is 18.9 Å². The Morgan fingerprint density at radius 3 is 2.65 bits per heavy atom. The molecular formula is C10H17N3O4. The number of methoxy groups -OCH3 is 1. The number of nitriles is 1. The molecule has 0 aliphatic heterocycles. The average molecular weight is 243 g/mol. The van der Waals surface area contributed by atoms with Gasteiger partial charge in [0.2, 0.25) is 0 Å². The molecule has 0 bridgehead atoms. The maximum Gasteiger partial charge on any atom is 0.325 e. The van der Waals surface area contributed by atoms with Crippen molar-refractivity contribution in [2.24, 2.45) is 0 Å². The summed E-state index contributed by atoms with van der Waals surface area (Å²) < 4.78 is 4.83. The zero-order chi connectivity index (χ0) is 13.3. The van der Waals surface area contributed by atoms with Gasteiger partial charge in [0.25, 0.3) is 0 Å². The Balaban J connectivity index is 4.30. The van der Waals surface area contributed by atoms with Gasteiger partial charge in [-0.05, 0) is 6.92 Å². The van der Waals surface area contributed by atoms with Gasteiger partial charge in [-0.3, -0.25) is 4.79 Å². The lowest BCUT2D eigenvalue weighted by atomic mass is 10.3. The third-order valence-electron chi connectivity index (χ3n) is 2.06. The highest BCUT2D eigenvalue weighted by Gasteiger charge is 2.18. The topological polar surface area (TPSA) is 103 Å². The van der Waals surface area contributed by atoms with E-state index >= 15 is 0 Å². The van der Waals surface area contributed by atoms with Crippen LogP contribution < -0.4 is 5.32 Å². The van der Waals surface area contributed by atoms with E-state index in [1.54, 1.807) is 0 Å². The number of ether oxygens (including phenoxy) is 1. The Morgan fingerprint density at radius 1 is 1.53 bits per heavy atom. The molecule has 17 heavy (non-hydrogen) atoms. The third kappa shape index (κ3) is 6.37. The zero-order valence-corrected chi connectivity index (χ0v) is 9.97. The molecule has 1 atom stereocenters. The molecule has 0 aromatic carbocycles. The molecule has 7 nitrogen and oxygen atoms in total. The molecule has 0 aliphatic rings. The molecule has 7 heteroatoms. The van der Waals surface area contributed by atoms with Crippen LogP contribution in [0.3, 0.4) is 0 Å². The predicted molar refractivity (Wildman–Crippen MR) is 59.3 cm³/mol. The number of carboxylic acids is 1. The first kappa shape index (κ1) is 15.2. The molecule has 0 heterocycles. The average Bonchev–Trinajstić information content (AvgIpc) is 2.28. The van der Waals surface area contributed by atoms with Crippen molar-refractivity contribution >= 4 is 12.0 Å². The second-order valence-corrected chi connectivity index (χ2v) is 3.40. The largest absolute Gasteiger partial charge is 0.480 e. The van der Waals surface area contributed by atoms with Crippen LogP contribution in [-0.2, 0) is 9.53 Å². The van der Waals surface area contributed by atoms with Crippen LogP contribution in [0.25, 0.3) is 0 Å². The SMILES string of the molecule is COCCN(CCC#N)C(=O)N[C@H](C)C(=O)O. The van der Waals surface area contributed by atoms with Crippen molar-refractivity contribution in [3.05, 3.63) is 0 Å². The molecule has 0 unspecified atom stereocenters. The number of nitrogens with zero attached hydrogens (tertiary/aromatic N) is 2. The first-order valence-electron chi connectivity index (χ1n) is 5.17. The molecule has 0 fully saturated rings. The molecule has 2 N–H and O–H groups in total. The monoisotopic (exact) mass is 243 g/mol. The van der Waals surface area contributed by atoms with E-state index in [2.05, 4.69) is 5.32 Å². The quantitative estimate of drug-likeness (QED) is 0.656. The van der Waals surface area contributed by atoms with Crippen molar-refractivity contribution in [3.8, 4) is 6.07 Å². The van der Waals surface area contributed by atoms with Crippen LogP contribution in [0, 0.1) is 11.3 Å². The highest BCUT2D eigenvalue weighted by Crippen LogP contribution is 1.94. The van der Waals surface area contributed by atoms with Gasteiger partial charge >= 0.3 is 12.0 Å². The normalized spacial score (nSPS) is 11.4. The summed E-state index contributed by atoms with van der Waals surface area (Å²) in [5.41, 5.74) is 0. The molecule has 96 valence electrons. The van der Waals surface area contributed by atoms with Gasteiger partial charge in [-0.1, -0.05) is 0 Å². The van der Waals surface area contributed by atoms with Crippen molar-refractivity contribution in [1.82, 2.24) is 10.2 Å². The fourth-order valence-corrected chi connectivity index (χ4v) is 1.04. The lowest BCUT2D eigenvalue weighted by molar-refractivity contribution is -0.138. The lowest BCUT2D eigenvalue weighted by Gasteiger charge is -2.22. The van der Waals surface area contributed by atoms with Crippen LogP contribution in [-0.4, -0.2) is 54.9 Å². The fraction of sp³-hybridized carbons (Fsp3) is 0.700. The summed E-state index contributed by atoms with van der Waals surface area (Å²) in [6.45, 7) is 2.27. The third-order valence-corrected chi connectivity index (χ3v) is 2.06. The number of urea groups is 1. The molecule has 0 spiro atoms. The Bertz CT molecular complexity index is 300. The van der Waals surface area contributed by atoms with E-state index in [4.69, 9.17) is 15.1 Å². The van der Waals surface area contributed by atoms with E-state index in [1.807, 2.05) is 6.07 Å². The summed E-state index contributed by atoms with van der Waals surface area (Å²) >= 11 is 0. The minimum atomic E-state index is -1.11. The maximum atomic E-state index is 11.7. The highest BCUT2D eigenvalue weighted by molar-refractivity contribution is 5.82. The molecular weight excluding hydrogens is 226 g/mol. The summed E-state index contributed by atoms with van der Waals surface area (Å²) in [6, 6.07) is 0.456. The molecule has 2 amide bonds. The number of rotatable bonds is 7. The number of aliphatic carboxylic acids is 1. The van der Waals surface area contributed by atoms with Gasteiger partial charge in [0.15, 0.2) is 0 Å². The predicted octanol–water partition coefficient (Wildman–Crippen LogP) is 0.0312. The van der Waals surface area contributed by atoms with Crippen LogP contribution in [0.1, 0.15) is 13.3 Å². The van der Waals surface area contributed by atoms with Crippen molar-refractivity contribution in [3.63, 3.8) is 0 Å². The van der Waals surface area contributed by atoms with Gasteiger partial charge in [0.05, 0.1) is 19.1 Å². The summed E-state index contributed by atoms with van der Waals surface area (Å²) in [5.74, 6) is -1.11. The van der Waals surface area contributed by atoms with E-state index < -0.39 is 18.0 Å². The molecule has 0 aromatic heterocycles. The summed E-state index contributed by atoms with van der Waals surface area (Å²) in [5, 5.41) is 19.4. The minimum absolute atomic E-state index is 0.193. The number of carbonyl (C=O) groups is 2. The van der Waals surface area contributed by atoms with Crippen LogP contribution >= 0.6 is 0 Å². The number of carboxylic acid groups (broad SMARTS) is 1.